The van der Waals surface area contributed by atoms with E-state index in [2.05, 4.69) is 42.6 Å². The summed E-state index contributed by atoms with van der Waals surface area (Å²) in [5, 5.41) is 3.79. The van der Waals surface area contributed by atoms with Gasteiger partial charge in [0.05, 0.1) is 0 Å². The Morgan fingerprint density at radius 1 is 1.06 bits per heavy atom. The second-order valence-electron chi connectivity index (χ2n) is 6.34. The van der Waals surface area contributed by atoms with E-state index in [1.165, 1.54) is 38.6 Å². The minimum atomic E-state index is 0.790. The zero-order valence-electron chi connectivity index (χ0n) is 11.4. The summed E-state index contributed by atoms with van der Waals surface area (Å²) in [7, 11) is 0. The molecule has 2 aliphatic rings. The SMILES string of the molecule is CC1CC1CNC1CCC(c2ccccc2)CC1. The monoisotopic (exact) mass is 243 g/mol. The maximum Gasteiger partial charge on any atom is 0.00676 e. The van der Waals surface area contributed by atoms with Crippen molar-refractivity contribution in [3.63, 3.8) is 0 Å². The van der Waals surface area contributed by atoms with Crippen molar-refractivity contribution in [1.82, 2.24) is 5.32 Å². The van der Waals surface area contributed by atoms with Gasteiger partial charge in [0.2, 0.25) is 0 Å². The fourth-order valence-electron chi connectivity index (χ4n) is 3.36. The topological polar surface area (TPSA) is 12.0 Å². The van der Waals surface area contributed by atoms with E-state index in [0.717, 1.165) is 23.8 Å². The molecule has 2 fully saturated rings. The number of nitrogens with one attached hydrogen (secondary N) is 1. The Morgan fingerprint density at radius 3 is 2.33 bits per heavy atom. The van der Waals surface area contributed by atoms with Gasteiger partial charge in [-0.1, -0.05) is 37.3 Å². The van der Waals surface area contributed by atoms with Crippen LogP contribution in [0.2, 0.25) is 0 Å². The third kappa shape index (κ3) is 2.95. The molecule has 1 aromatic carbocycles. The van der Waals surface area contributed by atoms with Gasteiger partial charge in [0.1, 0.15) is 0 Å². The predicted molar refractivity (Wildman–Crippen MR) is 76.7 cm³/mol. The van der Waals surface area contributed by atoms with E-state index in [4.69, 9.17) is 0 Å². The van der Waals surface area contributed by atoms with Crippen LogP contribution in [0, 0.1) is 11.8 Å². The molecular formula is C17H25N. The first-order valence-corrected chi connectivity index (χ1v) is 7.61. The van der Waals surface area contributed by atoms with E-state index in [1.54, 1.807) is 5.56 Å². The first-order chi connectivity index (χ1) is 8.83. The highest BCUT2D eigenvalue weighted by Gasteiger charge is 2.32. The van der Waals surface area contributed by atoms with Gasteiger partial charge in [0.15, 0.2) is 0 Å². The van der Waals surface area contributed by atoms with Crippen LogP contribution >= 0.6 is 0 Å². The molecule has 2 unspecified atom stereocenters. The van der Waals surface area contributed by atoms with Crippen molar-refractivity contribution >= 4 is 0 Å². The molecule has 18 heavy (non-hydrogen) atoms. The molecule has 0 saturated heterocycles. The van der Waals surface area contributed by atoms with Crippen LogP contribution in [0.3, 0.4) is 0 Å². The molecule has 2 aliphatic carbocycles. The van der Waals surface area contributed by atoms with Crippen LogP contribution in [0.5, 0.6) is 0 Å². The molecule has 1 N–H and O–H groups in total. The average molecular weight is 243 g/mol. The third-order valence-electron chi connectivity index (χ3n) is 4.94. The molecule has 1 heteroatoms. The zero-order valence-corrected chi connectivity index (χ0v) is 11.4. The van der Waals surface area contributed by atoms with Crippen LogP contribution < -0.4 is 5.32 Å². The Balaban J connectivity index is 1.43. The molecule has 0 amide bonds. The summed E-state index contributed by atoms with van der Waals surface area (Å²) >= 11 is 0. The van der Waals surface area contributed by atoms with E-state index < -0.39 is 0 Å². The molecule has 98 valence electrons. The van der Waals surface area contributed by atoms with Gasteiger partial charge >= 0.3 is 0 Å². The van der Waals surface area contributed by atoms with Crippen LogP contribution in [0.15, 0.2) is 30.3 Å². The summed E-state index contributed by atoms with van der Waals surface area (Å²) in [6.07, 6.45) is 6.90. The molecular weight excluding hydrogens is 218 g/mol. The van der Waals surface area contributed by atoms with Crippen LogP contribution in [0.4, 0.5) is 0 Å². The van der Waals surface area contributed by atoms with Crippen LogP contribution in [-0.2, 0) is 0 Å². The summed E-state index contributed by atoms with van der Waals surface area (Å²) in [5.74, 6) is 2.78. The van der Waals surface area contributed by atoms with Crippen molar-refractivity contribution in [2.24, 2.45) is 11.8 Å². The Labute approximate surface area is 111 Å². The smallest absolute Gasteiger partial charge is 0.00676 e. The molecule has 2 atom stereocenters. The van der Waals surface area contributed by atoms with Crippen LogP contribution in [-0.4, -0.2) is 12.6 Å². The van der Waals surface area contributed by atoms with Crippen LogP contribution in [0.1, 0.15) is 50.5 Å². The molecule has 1 nitrogen and oxygen atoms in total. The van der Waals surface area contributed by atoms with E-state index >= 15 is 0 Å². The number of rotatable bonds is 4. The highest BCUT2D eigenvalue weighted by molar-refractivity contribution is 5.20. The molecule has 3 rings (SSSR count). The van der Waals surface area contributed by atoms with E-state index in [-0.39, 0.29) is 0 Å². The molecule has 0 spiro atoms. The molecule has 0 aliphatic heterocycles. The van der Waals surface area contributed by atoms with Crippen molar-refractivity contribution in [1.29, 1.82) is 0 Å². The average Bonchev–Trinajstić information content (AvgIpc) is 3.14. The van der Waals surface area contributed by atoms with E-state index in [0.29, 0.717) is 0 Å². The van der Waals surface area contributed by atoms with Crippen molar-refractivity contribution in [3.05, 3.63) is 35.9 Å². The van der Waals surface area contributed by atoms with Gasteiger partial charge in [0, 0.05) is 6.04 Å². The highest BCUT2D eigenvalue weighted by atomic mass is 14.9. The van der Waals surface area contributed by atoms with E-state index in [1.807, 2.05) is 0 Å². The Morgan fingerprint density at radius 2 is 1.72 bits per heavy atom. The van der Waals surface area contributed by atoms with Gasteiger partial charge < -0.3 is 5.32 Å². The maximum absolute atomic E-state index is 3.79. The van der Waals surface area contributed by atoms with Crippen molar-refractivity contribution < 1.29 is 0 Å². The van der Waals surface area contributed by atoms with Gasteiger partial charge in [-0.3, -0.25) is 0 Å². The molecule has 2 saturated carbocycles. The normalized spacial score (nSPS) is 35.4. The molecule has 0 radical (unpaired) electrons. The molecule has 0 bridgehead atoms. The first kappa shape index (κ1) is 12.2. The van der Waals surface area contributed by atoms with Crippen LogP contribution in [0.25, 0.3) is 0 Å². The minimum Gasteiger partial charge on any atom is -0.314 e. The lowest BCUT2D eigenvalue weighted by Gasteiger charge is -2.29. The fraction of sp³-hybridized carbons (Fsp3) is 0.647. The summed E-state index contributed by atoms with van der Waals surface area (Å²) in [6.45, 7) is 3.64. The lowest BCUT2D eigenvalue weighted by molar-refractivity contribution is 0.338. The van der Waals surface area contributed by atoms with Gasteiger partial charge in [-0.25, -0.2) is 0 Å². The molecule has 0 aromatic heterocycles. The quantitative estimate of drug-likeness (QED) is 0.844. The highest BCUT2D eigenvalue weighted by Crippen LogP contribution is 2.38. The van der Waals surface area contributed by atoms with Gasteiger partial charge in [-0.05, 0) is 62.0 Å². The number of hydrogen-bond acceptors (Lipinski definition) is 1. The molecule has 1 aromatic rings. The summed E-state index contributed by atoms with van der Waals surface area (Å²) in [5.41, 5.74) is 1.55. The van der Waals surface area contributed by atoms with Crippen molar-refractivity contribution in [3.8, 4) is 0 Å². The van der Waals surface area contributed by atoms with E-state index in [9.17, 15) is 0 Å². The second kappa shape index (κ2) is 5.44. The second-order valence-corrected chi connectivity index (χ2v) is 6.34. The summed E-state index contributed by atoms with van der Waals surface area (Å²) in [6, 6.07) is 11.8. The lowest BCUT2D eigenvalue weighted by Crippen LogP contribution is -2.34. The van der Waals surface area contributed by atoms with Gasteiger partial charge in [-0.2, -0.15) is 0 Å². The zero-order chi connectivity index (χ0) is 12.4. The fourth-order valence-corrected chi connectivity index (χ4v) is 3.36. The third-order valence-corrected chi connectivity index (χ3v) is 4.94. The predicted octanol–water partition coefficient (Wildman–Crippen LogP) is 3.96. The molecule has 0 heterocycles. The van der Waals surface area contributed by atoms with Crippen molar-refractivity contribution in [2.45, 2.75) is 51.0 Å². The first-order valence-electron chi connectivity index (χ1n) is 7.61. The summed E-state index contributed by atoms with van der Waals surface area (Å²) < 4.78 is 0. The Bertz CT molecular complexity index is 364. The Hall–Kier alpha value is -0.820. The summed E-state index contributed by atoms with van der Waals surface area (Å²) in [4.78, 5) is 0. The number of hydrogen-bond donors (Lipinski definition) is 1. The van der Waals surface area contributed by atoms with Gasteiger partial charge in [0.25, 0.3) is 0 Å². The lowest BCUT2D eigenvalue weighted by atomic mass is 9.82. The van der Waals surface area contributed by atoms with Gasteiger partial charge in [-0.15, -0.1) is 0 Å². The Kier molecular flexibility index (Phi) is 3.69. The minimum absolute atomic E-state index is 0.790. The maximum atomic E-state index is 3.79. The number of benzene rings is 1. The van der Waals surface area contributed by atoms with Crippen molar-refractivity contribution in [2.75, 3.05) is 6.54 Å². The standard InChI is InChI=1S/C17H25N/c1-13-11-16(13)12-18-17-9-7-15(8-10-17)14-5-3-2-4-6-14/h2-6,13,15-18H,7-12H2,1H3. The largest absolute Gasteiger partial charge is 0.314 e.